The predicted molar refractivity (Wildman–Crippen MR) is 116 cm³/mol. The summed E-state index contributed by atoms with van der Waals surface area (Å²) in [5, 5.41) is 3.90. The van der Waals surface area contributed by atoms with Crippen LogP contribution in [0.25, 0.3) is 6.08 Å². The van der Waals surface area contributed by atoms with E-state index in [9.17, 15) is 13.2 Å². The van der Waals surface area contributed by atoms with E-state index in [4.69, 9.17) is 4.74 Å². The van der Waals surface area contributed by atoms with Gasteiger partial charge in [0.15, 0.2) is 0 Å². The molecule has 0 aliphatic rings. The number of hydrogen-bond acceptors (Lipinski definition) is 4. The Morgan fingerprint density at radius 2 is 1.72 bits per heavy atom. The van der Waals surface area contributed by atoms with E-state index in [-0.39, 0.29) is 11.8 Å². The topological polar surface area (TPSA) is 84.5 Å². The zero-order valence-electron chi connectivity index (χ0n) is 17.0. The SMILES string of the molecule is COc1ccc(CCNC(=O)C(NS(=O)(=O)C=Cc2ccccc2)C(C)C)cc1. The minimum atomic E-state index is -3.76. The second-order valence-electron chi connectivity index (χ2n) is 6.99. The van der Waals surface area contributed by atoms with E-state index in [0.29, 0.717) is 13.0 Å². The fourth-order valence-corrected chi connectivity index (χ4v) is 3.82. The molecular formula is C22H28N2O4S. The summed E-state index contributed by atoms with van der Waals surface area (Å²) in [6.07, 6.45) is 2.14. The fourth-order valence-electron chi connectivity index (χ4n) is 2.67. The fraction of sp³-hybridized carbons (Fsp3) is 0.318. The first-order valence-electron chi connectivity index (χ1n) is 9.47. The standard InChI is InChI=1S/C22H28N2O4S/c1-17(2)21(24-29(26,27)16-14-18-7-5-4-6-8-18)22(25)23-15-13-19-9-11-20(28-3)12-10-19/h4-12,14,16-17,21,24H,13,15H2,1-3H3,(H,23,25). The molecule has 2 N–H and O–H groups in total. The van der Waals surface area contributed by atoms with Crippen molar-refractivity contribution in [3.05, 3.63) is 71.1 Å². The van der Waals surface area contributed by atoms with Gasteiger partial charge in [0, 0.05) is 12.0 Å². The number of carbonyl (C=O) groups excluding carboxylic acids is 1. The van der Waals surface area contributed by atoms with Gasteiger partial charge in [-0.1, -0.05) is 56.3 Å². The van der Waals surface area contributed by atoms with Crippen LogP contribution < -0.4 is 14.8 Å². The molecule has 0 aliphatic heterocycles. The summed E-state index contributed by atoms with van der Waals surface area (Å²) in [7, 11) is -2.15. The third-order valence-corrected chi connectivity index (χ3v) is 5.43. The molecule has 0 saturated heterocycles. The smallest absolute Gasteiger partial charge is 0.238 e. The second kappa shape index (κ2) is 10.8. The number of amides is 1. The first-order chi connectivity index (χ1) is 13.8. The Morgan fingerprint density at radius 3 is 2.31 bits per heavy atom. The van der Waals surface area contributed by atoms with E-state index in [2.05, 4.69) is 10.0 Å². The maximum atomic E-state index is 12.5. The highest BCUT2D eigenvalue weighted by molar-refractivity contribution is 7.92. The molecule has 6 nitrogen and oxygen atoms in total. The maximum Gasteiger partial charge on any atom is 0.238 e. The van der Waals surface area contributed by atoms with Crippen LogP contribution in [0.1, 0.15) is 25.0 Å². The molecule has 2 aromatic carbocycles. The number of methoxy groups -OCH3 is 1. The zero-order valence-corrected chi connectivity index (χ0v) is 17.8. The average Bonchev–Trinajstić information content (AvgIpc) is 2.71. The van der Waals surface area contributed by atoms with Crippen molar-refractivity contribution in [3.8, 4) is 5.75 Å². The van der Waals surface area contributed by atoms with Crippen LogP contribution in [0.15, 0.2) is 60.0 Å². The third-order valence-electron chi connectivity index (χ3n) is 4.35. The molecule has 0 fully saturated rings. The van der Waals surface area contributed by atoms with Crippen LogP contribution in [0.2, 0.25) is 0 Å². The summed E-state index contributed by atoms with van der Waals surface area (Å²) >= 11 is 0. The van der Waals surface area contributed by atoms with E-state index < -0.39 is 16.1 Å². The molecule has 0 aliphatic carbocycles. The van der Waals surface area contributed by atoms with Crippen molar-refractivity contribution < 1.29 is 17.9 Å². The van der Waals surface area contributed by atoms with Gasteiger partial charge in [0.25, 0.3) is 0 Å². The molecule has 1 atom stereocenters. The molecule has 0 bridgehead atoms. The van der Waals surface area contributed by atoms with Crippen molar-refractivity contribution in [2.45, 2.75) is 26.3 Å². The van der Waals surface area contributed by atoms with Crippen molar-refractivity contribution in [2.75, 3.05) is 13.7 Å². The minimum Gasteiger partial charge on any atom is -0.497 e. The quantitative estimate of drug-likeness (QED) is 0.624. The second-order valence-corrected chi connectivity index (χ2v) is 8.58. The normalized spacial score (nSPS) is 12.8. The van der Waals surface area contributed by atoms with Gasteiger partial charge >= 0.3 is 0 Å². The third kappa shape index (κ3) is 7.71. The van der Waals surface area contributed by atoms with Crippen molar-refractivity contribution in [3.63, 3.8) is 0 Å². The van der Waals surface area contributed by atoms with Crippen molar-refractivity contribution >= 4 is 22.0 Å². The molecule has 1 unspecified atom stereocenters. The Labute approximate surface area is 173 Å². The Kier molecular flexibility index (Phi) is 8.42. The number of carbonyl (C=O) groups is 1. The van der Waals surface area contributed by atoms with Crippen LogP contribution in [0.4, 0.5) is 0 Å². The van der Waals surface area contributed by atoms with Crippen molar-refractivity contribution in [1.29, 1.82) is 0 Å². The molecule has 0 radical (unpaired) electrons. The number of benzene rings is 2. The maximum absolute atomic E-state index is 12.5. The lowest BCUT2D eigenvalue weighted by atomic mass is 10.0. The van der Waals surface area contributed by atoms with Crippen LogP contribution >= 0.6 is 0 Å². The molecule has 2 rings (SSSR count). The molecule has 1 amide bonds. The summed E-state index contributed by atoms with van der Waals surface area (Å²) < 4.78 is 32.4. The van der Waals surface area contributed by atoms with E-state index in [0.717, 1.165) is 22.3 Å². The summed E-state index contributed by atoms with van der Waals surface area (Å²) in [5.74, 6) is 0.233. The van der Waals surface area contributed by atoms with E-state index in [1.165, 1.54) is 6.08 Å². The van der Waals surface area contributed by atoms with E-state index >= 15 is 0 Å². The first-order valence-corrected chi connectivity index (χ1v) is 11.0. The first kappa shape index (κ1) is 22.6. The van der Waals surface area contributed by atoms with Gasteiger partial charge in [0.05, 0.1) is 7.11 Å². The summed E-state index contributed by atoms with van der Waals surface area (Å²) in [4.78, 5) is 12.5. The molecular weight excluding hydrogens is 388 g/mol. The van der Waals surface area contributed by atoms with Gasteiger partial charge in [0.1, 0.15) is 11.8 Å². The van der Waals surface area contributed by atoms with Gasteiger partial charge in [-0.25, -0.2) is 8.42 Å². The largest absolute Gasteiger partial charge is 0.497 e. The molecule has 0 aromatic heterocycles. The molecule has 0 saturated carbocycles. The lowest BCUT2D eigenvalue weighted by Gasteiger charge is -2.20. The Morgan fingerprint density at radius 1 is 1.07 bits per heavy atom. The number of rotatable bonds is 10. The van der Waals surface area contributed by atoms with Gasteiger partial charge in [-0.2, -0.15) is 4.72 Å². The Bertz CT molecular complexity index is 908. The van der Waals surface area contributed by atoms with Crippen LogP contribution in [0.5, 0.6) is 5.75 Å². The number of ether oxygens (including phenoxy) is 1. The predicted octanol–water partition coefficient (Wildman–Crippen LogP) is 2.97. The lowest BCUT2D eigenvalue weighted by molar-refractivity contribution is -0.123. The summed E-state index contributed by atoms with van der Waals surface area (Å²) in [5.41, 5.74) is 1.82. The van der Waals surface area contributed by atoms with Crippen molar-refractivity contribution in [1.82, 2.24) is 10.0 Å². The van der Waals surface area contributed by atoms with Crippen molar-refractivity contribution in [2.24, 2.45) is 5.92 Å². The monoisotopic (exact) mass is 416 g/mol. The molecule has 0 heterocycles. The van der Waals surface area contributed by atoms with Gasteiger partial charge in [-0.3, -0.25) is 4.79 Å². The van der Waals surface area contributed by atoms with Gasteiger partial charge in [-0.15, -0.1) is 0 Å². The summed E-state index contributed by atoms with van der Waals surface area (Å²) in [6, 6.07) is 15.9. The number of hydrogen-bond donors (Lipinski definition) is 2. The molecule has 29 heavy (non-hydrogen) atoms. The molecule has 156 valence electrons. The molecule has 7 heteroatoms. The Balaban J connectivity index is 1.93. The lowest BCUT2D eigenvalue weighted by Crippen LogP contribution is -2.49. The number of nitrogens with one attached hydrogen (secondary N) is 2. The van der Waals surface area contributed by atoms with Crippen LogP contribution in [0.3, 0.4) is 0 Å². The highest BCUT2D eigenvalue weighted by Gasteiger charge is 2.25. The molecule has 0 spiro atoms. The van der Waals surface area contributed by atoms with Crippen LogP contribution in [-0.4, -0.2) is 34.0 Å². The van der Waals surface area contributed by atoms with Gasteiger partial charge in [-0.05, 0) is 41.7 Å². The Hall–Kier alpha value is -2.64. The highest BCUT2D eigenvalue weighted by Crippen LogP contribution is 2.11. The zero-order chi connectivity index (χ0) is 21.3. The number of sulfonamides is 1. The van der Waals surface area contributed by atoms with Gasteiger partial charge < -0.3 is 10.1 Å². The summed E-state index contributed by atoms with van der Waals surface area (Å²) in [6.45, 7) is 4.02. The minimum absolute atomic E-state index is 0.198. The average molecular weight is 417 g/mol. The van der Waals surface area contributed by atoms with E-state index in [1.54, 1.807) is 33.1 Å². The van der Waals surface area contributed by atoms with E-state index in [1.807, 2.05) is 42.5 Å². The van der Waals surface area contributed by atoms with Gasteiger partial charge in [0.2, 0.25) is 15.9 Å². The molecule has 2 aromatic rings. The van der Waals surface area contributed by atoms with Crippen LogP contribution in [-0.2, 0) is 21.2 Å². The van der Waals surface area contributed by atoms with Crippen LogP contribution in [0, 0.1) is 5.92 Å². The highest BCUT2D eigenvalue weighted by atomic mass is 32.2.